The summed E-state index contributed by atoms with van der Waals surface area (Å²) in [5.74, 6) is 0.687. The standard InChI is InChI=1S/C15H20N4OS/c1-9-3-2-4-10(6-5-9)18-14(20)13-12(16)11-7-8-17-19-15(11)21-13/h7-10H,2-6,16H2,1H3,(H,18,20). The maximum absolute atomic E-state index is 12.5. The van der Waals surface area contributed by atoms with Crippen LogP contribution in [0.2, 0.25) is 0 Å². The first-order valence-electron chi connectivity index (χ1n) is 7.45. The van der Waals surface area contributed by atoms with E-state index in [1.807, 2.05) is 0 Å². The van der Waals surface area contributed by atoms with Crippen molar-refractivity contribution in [2.24, 2.45) is 5.92 Å². The van der Waals surface area contributed by atoms with E-state index < -0.39 is 0 Å². The number of rotatable bonds is 2. The highest BCUT2D eigenvalue weighted by Gasteiger charge is 2.22. The molecule has 2 aromatic heterocycles. The first kappa shape index (κ1) is 14.3. The van der Waals surface area contributed by atoms with Crippen molar-refractivity contribution in [2.75, 3.05) is 5.73 Å². The Kier molecular flexibility index (Phi) is 4.05. The minimum Gasteiger partial charge on any atom is -0.397 e. The molecule has 0 radical (unpaired) electrons. The fourth-order valence-corrected chi connectivity index (χ4v) is 3.86. The summed E-state index contributed by atoms with van der Waals surface area (Å²) in [6, 6.07) is 2.07. The molecule has 1 amide bonds. The van der Waals surface area contributed by atoms with Crippen LogP contribution in [0.15, 0.2) is 12.3 Å². The van der Waals surface area contributed by atoms with Crippen molar-refractivity contribution < 1.29 is 4.79 Å². The predicted octanol–water partition coefficient (Wildman–Crippen LogP) is 2.97. The second-order valence-electron chi connectivity index (χ2n) is 5.88. The van der Waals surface area contributed by atoms with E-state index in [-0.39, 0.29) is 11.9 Å². The Morgan fingerprint density at radius 1 is 1.38 bits per heavy atom. The third-order valence-electron chi connectivity index (χ3n) is 4.22. The van der Waals surface area contributed by atoms with Crippen molar-refractivity contribution >= 4 is 33.1 Å². The summed E-state index contributed by atoms with van der Waals surface area (Å²) in [5.41, 5.74) is 6.60. The van der Waals surface area contributed by atoms with Gasteiger partial charge in [-0.2, -0.15) is 5.10 Å². The molecule has 112 valence electrons. The van der Waals surface area contributed by atoms with Crippen molar-refractivity contribution in [3.8, 4) is 0 Å². The van der Waals surface area contributed by atoms with E-state index >= 15 is 0 Å². The lowest BCUT2D eigenvalue weighted by atomic mass is 10.0. The molecule has 0 aliphatic heterocycles. The third-order valence-corrected chi connectivity index (χ3v) is 5.32. The monoisotopic (exact) mass is 304 g/mol. The van der Waals surface area contributed by atoms with E-state index in [4.69, 9.17) is 5.73 Å². The molecule has 0 saturated heterocycles. The van der Waals surface area contributed by atoms with Crippen molar-refractivity contribution in [3.63, 3.8) is 0 Å². The van der Waals surface area contributed by atoms with Crippen LogP contribution >= 0.6 is 11.3 Å². The lowest BCUT2D eigenvalue weighted by molar-refractivity contribution is 0.0938. The molecular formula is C15H20N4OS. The van der Waals surface area contributed by atoms with E-state index in [2.05, 4.69) is 22.4 Å². The zero-order valence-electron chi connectivity index (χ0n) is 12.1. The van der Waals surface area contributed by atoms with E-state index in [9.17, 15) is 4.79 Å². The highest BCUT2D eigenvalue weighted by molar-refractivity contribution is 7.21. The van der Waals surface area contributed by atoms with Crippen LogP contribution in [0, 0.1) is 5.92 Å². The molecule has 1 saturated carbocycles. The number of nitrogen functional groups attached to an aromatic ring is 1. The van der Waals surface area contributed by atoms with Crippen molar-refractivity contribution in [1.29, 1.82) is 0 Å². The summed E-state index contributed by atoms with van der Waals surface area (Å²) in [6.45, 7) is 2.28. The normalized spacial score (nSPS) is 22.9. The van der Waals surface area contributed by atoms with Gasteiger partial charge in [0.1, 0.15) is 9.71 Å². The number of anilines is 1. The third kappa shape index (κ3) is 3.00. The summed E-state index contributed by atoms with van der Waals surface area (Å²) in [4.78, 5) is 13.7. The van der Waals surface area contributed by atoms with Crippen LogP contribution in [0.5, 0.6) is 0 Å². The highest BCUT2D eigenvalue weighted by Crippen LogP contribution is 2.32. The number of nitrogens with two attached hydrogens (primary N) is 1. The Hall–Kier alpha value is -1.69. The number of carbonyl (C=O) groups is 1. The van der Waals surface area contributed by atoms with E-state index in [0.29, 0.717) is 10.6 Å². The van der Waals surface area contributed by atoms with Gasteiger partial charge in [0.15, 0.2) is 0 Å². The molecule has 2 unspecified atom stereocenters. The Balaban J connectivity index is 1.76. The number of aromatic nitrogens is 2. The van der Waals surface area contributed by atoms with Crippen LogP contribution in [0.1, 0.15) is 48.7 Å². The zero-order valence-corrected chi connectivity index (χ0v) is 12.9. The molecule has 0 bridgehead atoms. The lowest BCUT2D eigenvalue weighted by Crippen LogP contribution is -2.34. The average Bonchev–Trinajstić information content (AvgIpc) is 2.68. The number of nitrogens with zero attached hydrogens (tertiary/aromatic N) is 2. The minimum atomic E-state index is -0.0740. The molecule has 1 fully saturated rings. The molecule has 1 aliphatic carbocycles. The SMILES string of the molecule is CC1CCCC(NC(=O)c2sc3nnccc3c2N)CC1. The Bertz CT molecular complexity index is 654. The van der Waals surface area contributed by atoms with Crippen LogP contribution in [0.4, 0.5) is 5.69 Å². The largest absolute Gasteiger partial charge is 0.397 e. The van der Waals surface area contributed by atoms with Gasteiger partial charge in [0.25, 0.3) is 5.91 Å². The average molecular weight is 304 g/mol. The van der Waals surface area contributed by atoms with Crippen LogP contribution in [0.3, 0.4) is 0 Å². The number of amides is 1. The fourth-order valence-electron chi connectivity index (χ4n) is 2.92. The molecule has 2 aromatic rings. The zero-order chi connectivity index (χ0) is 14.8. The van der Waals surface area contributed by atoms with Crippen LogP contribution in [-0.4, -0.2) is 22.1 Å². The van der Waals surface area contributed by atoms with Gasteiger partial charge in [-0.3, -0.25) is 4.79 Å². The molecule has 1 aliphatic rings. The fraction of sp³-hybridized carbons (Fsp3) is 0.533. The number of carbonyl (C=O) groups excluding carboxylic acids is 1. The molecule has 6 heteroatoms. The van der Waals surface area contributed by atoms with Crippen LogP contribution in [-0.2, 0) is 0 Å². The summed E-state index contributed by atoms with van der Waals surface area (Å²) in [6.07, 6.45) is 7.32. The second-order valence-corrected chi connectivity index (χ2v) is 6.88. The summed E-state index contributed by atoms with van der Waals surface area (Å²) in [7, 11) is 0. The first-order valence-corrected chi connectivity index (χ1v) is 8.27. The summed E-state index contributed by atoms with van der Waals surface area (Å²) >= 11 is 1.32. The summed E-state index contributed by atoms with van der Waals surface area (Å²) in [5, 5.41) is 11.8. The van der Waals surface area contributed by atoms with E-state index in [1.165, 1.54) is 30.6 Å². The molecule has 3 rings (SSSR count). The minimum absolute atomic E-state index is 0.0740. The van der Waals surface area contributed by atoms with Gasteiger partial charge < -0.3 is 11.1 Å². The molecule has 21 heavy (non-hydrogen) atoms. The highest BCUT2D eigenvalue weighted by atomic mass is 32.1. The first-order chi connectivity index (χ1) is 10.1. The lowest BCUT2D eigenvalue weighted by Gasteiger charge is -2.16. The van der Waals surface area contributed by atoms with Gasteiger partial charge in [-0.1, -0.05) is 19.8 Å². The van der Waals surface area contributed by atoms with Crippen molar-refractivity contribution in [1.82, 2.24) is 15.5 Å². The van der Waals surface area contributed by atoms with Crippen LogP contribution < -0.4 is 11.1 Å². The maximum Gasteiger partial charge on any atom is 0.263 e. The molecule has 0 spiro atoms. The molecule has 3 N–H and O–H groups in total. The Morgan fingerprint density at radius 3 is 3.05 bits per heavy atom. The number of fused-ring (bicyclic) bond motifs is 1. The van der Waals surface area contributed by atoms with Gasteiger partial charge in [0.05, 0.1) is 11.9 Å². The van der Waals surface area contributed by atoms with E-state index in [1.54, 1.807) is 12.3 Å². The van der Waals surface area contributed by atoms with Gasteiger partial charge in [0, 0.05) is 11.4 Å². The molecular weight excluding hydrogens is 284 g/mol. The summed E-state index contributed by atoms with van der Waals surface area (Å²) < 4.78 is 0. The van der Waals surface area contributed by atoms with Gasteiger partial charge in [-0.05, 0) is 31.2 Å². The predicted molar refractivity (Wildman–Crippen MR) is 85.3 cm³/mol. The molecule has 2 heterocycles. The van der Waals surface area contributed by atoms with Gasteiger partial charge in [-0.25, -0.2) is 0 Å². The Labute approximate surface area is 127 Å². The topological polar surface area (TPSA) is 80.9 Å². The molecule has 5 nitrogen and oxygen atoms in total. The van der Waals surface area contributed by atoms with E-state index in [0.717, 1.165) is 29.0 Å². The van der Waals surface area contributed by atoms with Crippen LogP contribution in [0.25, 0.3) is 10.2 Å². The number of hydrogen-bond donors (Lipinski definition) is 2. The number of nitrogens with one attached hydrogen (secondary N) is 1. The molecule has 0 aromatic carbocycles. The molecule has 2 atom stereocenters. The van der Waals surface area contributed by atoms with Gasteiger partial charge in [-0.15, -0.1) is 16.4 Å². The smallest absolute Gasteiger partial charge is 0.263 e. The maximum atomic E-state index is 12.5. The number of thiophene rings is 1. The van der Waals surface area contributed by atoms with Gasteiger partial charge in [0.2, 0.25) is 0 Å². The number of hydrogen-bond acceptors (Lipinski definition) is 5. The van der Waals surface area contributed by atoms with Crippen molar-refractivity contribution in [3.05, 3.63) is 17.1 Å². The second kappa shape index (κ2) is 5.97. The quantitative estimate of drug-likeness (QED) is 0.836. The van der Waals surface area contributed by atoms with Gasteiger partial charge >= 0.3 is 0 Å². The Morgan fingerprint density at radius 2 is 2.24 bits per heavy atom. The van der Waals surface area contributed by atoms with Crippen molar-refractivity contribution in [2.45, 2.75) is 45.1 Å².